The molecule has 0 atom stereocenters. The van der Waals surface area contributed by atoms with Gasteiger partial charge in [0, 0.05) is 25.7 Å². The molecule has 2 aliphatic rings. The summed E-state index contributed by atoms with van der Waals surface area (Å²) in [6.45, 7) is 1.33. The Morgan fingerprint density at radius 2 is 1.61 bits per heavy atom. The number of anilines is 2. The van der Waals surface area contributed by atoms with E-state index in [0.29, 0.717) is 16.9 Å². The van der Waals surface area contributed by atoms with E-state index in [-0.39, 0.29) is 29.2 Å². The number of hydrogen-bond acceptors (Lipinski definition) is 5. The highest BCUT2D eigenvalue weighted by molar-refractivity contribution is 7.90. The first kappa shape index (κ1) is 20.9. The van der Waals surface area contributed by atoms with E-state index < -0.39 is 10.0 Å². The molecule has 2 aliphatic heterocycles. The van der Waals surface area contributed by atoms with Crippen LogP contribution in [0.1, 0.15) is 18.4 Å². The minimum atomic E-state index is -3.76. The van der Waals surface area contributed by atoms with E-state index in [0.717, 1.165) is 25.9 Å². The molecule has 0 saturated carbocycles. The Morgan fingerprint density at radius 1 is 1.00 bits per heavy atom. The molecule has 0 radical (unpaired) electrons. The first-order valence-corrected chi connectivity index (χ1v) is 11.4. The third-order valence-corrected chi connectivity index (χ3v) is 6.52. The Balaban J connectivity index is 1.44. The third kappa shape index (κ3) is 4.38. The van der Waals surface area contributed by atoms with Crippen LogP contribution in [-0.2, 0) is 14.8 Å². The lowest BCUT2D eigenvalue weighted by atomic mass is 10.2. The minimum Gasteiger partial charge on any atom is -0.349 e. The van der Waals surface area contributed by atoms with Gasteiger partial charge in [-0.1, -0.05) is 24.3 Å². The monoisotopic (exact) mass is 441 g/mol. The average Bonchev–Trinajstić information content (AvgIpc) is 3.36. The molecule has 0 aromatic heterocycles. The van der Waals surface area contributed by atoms with Crippen molar-refractivity contribution in [3.8, 4) is 0 Å². The summed E-state index contributed by atoms with van der Waals surface area (Å²) >= 11 is 0. The number of carbonyl (C=O) groups excluding carboxylic acids is 2. The maximum absolute atomic E-state index is 12.7. The Labute approximate surface area is 180 Å². The van der Waals surface area contributed by atoms with Gasteiger partial charge in [0.05, 0.1) is 17.9 Å². The van der Waals surface area contributed by atoms with E-state index in [9.17, 15) is 18.0 Å². The Bertz CT molecular complexity index is 1160. The van der Waals surface area contributed by atoms with Crippen molar-refractivity contribution >= 4 is 39.2 Å². The molecule has 2 aromatic carbocycles. The molecule has 3 amide bonds. The number of urea groups is 1. The summed E-state index contributed by atoms with van der Waals surface area (Å²) in [4.78, 5) is 28.4. The highest BCUT2D eigenvalue weighted by Gasteiger charge is 2.31. The molecule has 0 unspecified atom stereocenters. The van der Waals surface area contributed by atoms with Crippen LogP contribution in [-0.4, -0.2) is 62.7 Å². The van der Waals surface area contributed by atoms with Crippen LogP contribution >= 0.6 is 0 Å². The highest BCUT2D eigenvalue weighted by Crippen LogP contribution is 2.27. The summed E-state index contributed by atoms with van der Waals surface area (Å²) in [5, 5.41) is 5.63. The predicted octanol–water partition coefficient (Wildman–Crippen LogP) is 2.33. The van der Waals surface area contributed by atoms with Crippen molar-refractivity contribution in [3.05, 3.63) is 54.1 Å². The van der Waals surface area contributed by atoms with Crippen molar-refractivity contribution in [1.82, 2.24) is 9.80 Å². The molecule has 0 spiro atoms. The van der Waals surface area contributed by atoms with Gasteiger partial charge in [-0.15, -0.1) is 4.40 Å². The molecular formula is C21H23N5O4S. The van der Waals surface area contributed by atoms with Gasteiger partial charge in [-0.2, -0.15) is 8.42 Å². The zero-order chi connectivity index (χ0) is 22.0. The number of carbonyl (C=O) groups is 2. The fourth-order valence-electron chi connectivity index (χ4n) is 3.66. The van der Waals surface area contributed by atoms with Crippen LogP contribution in [0, 0.1) is 0 Å². The molecule has 1 saturated heterocycles. The quantitative estimate of drug-likeness (QED) is 0.757. The van der Waals surface area contributed by atoms with Gasteiger partial charge in [0.1, 0.15) is 4.90 Å². The Morgan fingerprint density at radius 3 is 2.32 bits per heavy atom. The van der Waals surface area contributed by atoms with E-state index in [2.05, 4.69) is 15.0 Å². The largest absolute Gasteiger partial charge is 0.349 e. The second kappa shape index (κ2) is 8.38. The number of benzene rings is 2. The predicted molar refractivity (Wildman–Crippen MR) is 118 cm³/mol. The first-order valence-electron chi connectivity index (χ1n) is 9.95. The van der Waals surface area contributed by atoms with E-state index >= 15 is 0 Å². The van der Waals surface area contributed by atoms with Crippen LogP contribution in [0.4, 0.5) is 16.2 Å². The number of nitrogens with one attached hydrogen (secondary N) is 2. The molecule has 9 nitrogen and oxygen atoms in total. The molecule has 0 bridgehead atoms. The molecule has 4 rings (SSSR count). The Kier molecular flexibility index (Phi) is 5.64. The van der Waals surface area contributed by atoms with E-state index in [4.69, 9.17) is 0 Å². The summed E-state index contributed by atoms with van der Waals surface area (Å²) in [5.74, 6) is -0.142. The van der Waals surface area contributed by atoms with Crippen molar-refractivity contribution in [2.75, 3.05) is 37.3 Å². The standard InChI is InChI=1S/C21H23N5O4S/c1-25(20-15-8-2-5-11-18(15)31(29,30)24-20)14-19(27)22-16-9-3-4-10-17(16)23-21(28)26-12-6-7-13-26/h2-5,8-11H,6-7,12-14H2,1H3,(H,22,27)(H,23,28). The summed E-state index contributed by atoms with van der Waals surface area (Å²) in [6, 6.07) is 13.3. The van der Waals surface area contributed by atoms with Gasteiger partial charge >= 0.3 is 6.03 Å². The van der Waals surface area contributed by atoms with Gasteiger partial charge in [0.15, 0.2) is 5.84 Å². The molecule has 2 aromatic rings. The lowest BCUT2D eigenvalue weighted by Gasteiger charge is -2.20. The summed E-state index contributed by atoms with van der Waals surface area (Å²) in [7, 11) is -2.15. The number of nitrogens with zero attached hydrogens (tertiary/aromatic N) is 3. The lowest BCUT2D eigenvalue weighted by molar-refractivity contribution is -0.116. The third-order valence-electron chi connectivity index (χ3n) is 5.19. The van der Waals surface area contributed by atoms with Crippen LogP contribution < -0.4 is 10.6 Å². The summed E-state index contributed by atoms with van der Waals surface area (Å²) < 4.78 is 28.3. The van der Waals surface area contributed by atoms with Gasteiger partial charge in [-0.25, -0.2) is 4.79 Å². The number of sulfonamides is 1. The van der Waals surface area contributed by atoms with Gasteiger partial charge in [0.25, 0.3) is 10.0 Å². The highest BCUT2D eigenvalue weighted by atomic mass is 32.2. The molecule has 31 heavy (non-hydrogen) atoms. The maximum atomic E-state index is 12.7. The normalized spacial score (nSPS) is 16.4. The number of para-hydroxylation sites is 2. The number of amidine groups is 1. The van der Waals surface area contributed by atoms with Crippen LogP contribution in [0.25, 0.3) is 0 Å². The zero-order valence-electron chi connectivity index (χ0n) is 17.0. The fraction of sp³-hybridized carbons (Fsp3) is 0.286. The second-order valence-corrected chi connectivity index (χ2v) is 9.03. The van der Waals surface area contributed by atoms with Crippen molar-refractivity contribution in [3.63, 3.8) is 0 Å². The molecule has 162 valence electrons. The van der Waals surface area contributed by atoms with E-state index in [1.807, 2.05) is 0 Å². The fourth-order valence-corrected chi connectivity index (χ4v) is 4.91. The van der Waals surface area contributed by atoms with Gasteiger partial charge in [-0.05, 0) is 37.1 Å². The van der Waals surface area contributed by atoms with Crippen molar-refractivity contribution in [2.45, 2.75) is 17.7 Å². The molecule has 1 fully saturated rings. The van der Waals surface area contributed by atoms with Crippen LogP contribution in [0.2, 0.25) is 0 Å². The SMILES string of the molecule is CN(CC(=O)Nc1ccccc1NC(=O)N1CCCC1)C1=NS(=O)(=O)c2ccccc21. The Hall–Kier alpha value is -3.40. The smallest absolute Gasteiger partial charge is 0.321 e. The lowest BCUT2D eigenvalue weighted by Crippen LogP contribution is -2.35. The second-order valence-electron chi connectivity index (χ2n) is 7.46. The molecule has 0 aliphatic carbocycles. The topological polar surface area (TPSA) is 111 Å². The van der Waals surface area contributed by atoms with E-state index in [1.54, 1.807) is 54.4 Å². The maximum Gasteiger partial charge on any atom is 0.321 e. The van der Waals surface area contributed by atoms with Gasteiger partial charge in [0.2, 0.25) is 5.91 Å². The van der Waals surface area contributed by atoms with Crippen molar-refractivity contribution in [1.29, 1.82) is 0 Å². The summed E-state index contributed by atoms with van der Waals surface area (Å²) in [5.41, 5.74) is 1.44. The molecule has 2 N–H and O–H groups in total. The van der Waals surface area contributed by atoms with Crippen LogP contribution in [0.5, 0.6) is 0 Å². The van der Waals surface area contributed by atoms with E-state index in [1.165, 1.54) is 11.0 Å². The zero-order valence-corrected chi connectivity index (χ0v) is 17.9. The molecular weight excluding hydrogens is 418 g/mol. The van der Waals surface area contributed by atoms with Crippen molar-refractivity contribution in [2.24, 2.45) is 4.40 Å². The first-order chi connectivity index (χ1) is 14.8. The number of likely N-dealkylation sites (tertiary alicyclic amines) is 1. The number of hydrogen-bond donors (Lipinski definition) is 2. The number of amides is 3. The molecule has 10 heteroatoms. The van der Waals surface area contributed by atoms with Gasteiger partial charge < -0.3 is 20.4 Å². The van der Waals surface area contributed by atoms with Crippen LogP contribution in [0.3, 0.4) is 0 Å². The van der Waals surface area contributed by atoms with Gasteiger partial charge in [-0.3, -0.25) is 4.79 Å². The summed E-state index contributed by atoms with van der Waals surface area (Å²) in [6.07, 6.45) is 1.97. The average molecular weight is 442 g/mol. The molecule has 2 heterocycles. The number of fused-ring (bicyclic) bond motifs is 1. The minimum absolute atomic E-state index is 0.114. The van der Waals surface area contributed by atoms with Crippen molar-refractivity contribution < 1.29 is 18.0 Å². The number of likely N-dealkylation sites (N-methyl/N-ethyl adjacent to an activating group) is 1. The number of rotatable bonds is 4. The van der Waals surface area contributed by atoms with Crippen LogP contribution in [0.15, 0.2) is 57.8 Å².